The number of thiophene rings is 1. The van der Waals surface area contributed by atoms with Gasteiger partial charge in [-0.05, 0) is 47.0 Å². The SMILES string of the molecule is O=C1SC(=Cc2cccs2)C(=O)N1Cc1ccc(F)cc1Cl. The number of hydrogen-bond acceptors (Lipinski definition) is 4. The Labute approximate surface area is 139 Å². The van der Waals surface area contributed by atoms with E-state index in [9.17, 15) is 14.0 Å². The fourth-order valence-electron chi connectivity index (χ4n) is 1.96. The lowest BCUT2D eigenvalue weighted by molar-refractivity contribution is -0.123. The number of carbonyl (C=O) groups excluding carboxylic acids is 2. The Morgan fingerprint density at radius 3 is 2.77 bits per heavy atom. The van der Waals surface area contributed by atoms with Crippen LogP contribution in [0.5, 0.6) is 0 Å². The Morgan fingerprint density at radius 2 is 2.09 bits per heavy atom. The van der Waals surface area contributed by atoms with E-state index < -0.39 is 5.82 Å². The van der Waals surface area contributed by atoms with Crippen LogP contribution in [0.1, 0.15) is 10.4 Å². The number of amides is 2. The van der Waals surface area contributed by atoms with Gasteiger partial charge in [0.25, 0.3) is 11.1 Å². The van der Waals surface area contributed by atoms with E-state index in [0.717, 1.165) is 27.6 Å². The van der Waals surface area contributed by atoms with E-state index in [1.165, 1.54) is 23.5 Å². The number of halogens is 2. The van der Waals surface area contributed by atoms with Crippen molar-refractivity contribution in [1.82, 2.24) is 4.90 Å². The summed E-state index contributed by atoms with van der Waals surface area (Å²) in [4.78, 5) is 26.8. The molecule has 3 nitrogen and oxygen atoms in total. The molecule has 0 N–H and O–H groups in total. The van der Waals surface area contributed by atoms with E-state index >= 15 is 0 Å². The number of benzene rings is 1. The molecule has 0 unspecified atom stereocenters. The average molecular weight is 354 g/mol. The minimum Gasteiger partial charge on any atom is -0.268 e. The van der Waals surface area contributed by atoms with E-state index in [1.54, 1.807) is 6.08 Å². The molecule has 22 heavy (non-hydrogen) atoms. The van der Waals surface area contributed by atoms with Gasteiger partial charge in [0.2, 0.25) is 0 Å². The summed E-state index contributed by atoms with van der Waals surface area (Å²) in [5.41, 5.74) is 0.530. The van der Waals surface area contributed by atoms with Crippen LogP contribution in [0.15, 0.2) is 40.6 Å². The number of imide groups is 1. The molecule has 112 valence electrons. The molecular weight excluding hydrogens is 345 g/mol. The van der Waals surface area contributed by atoms with Crippen LogP contribution < -0.4 is 0 Å². The second-order valence-electron chi connectivity index (χ2n) is 4.52. The van der Waals surface area contributed by atoms with Gasteiger partial charge in [0.05, 0.1) is 11.4 Å². The van der Waals surface area contributed by atoms with Crippen molar-refractivity contribution in [2.75, 3.05) is 0 Å². The van der Waals surface area contributed by atoms with Crippen LogP contribution >= 0.6 is 34.7 Å². The molecule has 0 atom stereocenters. The van der Waals surface area contributed by atoms with Crippen molar-refractivity contribution in [3.8, 4) is 0 Å². The minimum atomic E-state index is -0.458. The molecule has 2 aromatic rings. The van der Waals surface area contributed by atoms with Crippen LogP contribution in [0, 0.1) is 5.82 Å². The van der Waals surface area contributed by atoms with Gasteiger partial charge in [0, 0.05) is 9.90 Å². The maximum Gasteiger partial charge on any atom is 0.293 e. The normalized spacial score (nSPS) is 16.8. The summed E-state index contributed by atoms with van der Waals surface area (Å²) in [7, 11) is 0. The van der Waals surface area contributed by atoms with Gasteiger partial charge < -0.3 is 0 Å². The summed E-state index contributed by atoms with van der Waals surface area (Å²) < 4.78 is 13.0. The molecule has 1 aromatic heterocycles. The molecule has 2 amide bonds. The Hall–Kier alpha value is -1.63. The molecule has 1 aliphatic rings. The molecule has 7 heteroatoms. The number of rotatable bonds is 3. The highest BCUT2D eigenvalue weighted by Gasteiger charge is 2.35. The number of carbonyl (C=O) groups is 2. The highest BCUT2D eigenvalue weighted by atomic mass is 35.5. The summed E-state index contributed by atoms with van der Waals surface area (Å²) in [6, 6.07) is 7.64. The fraction of sp³-hybridized carbons (Fsp3) is 0.0667. The highest BCUT2D eigenvalue weighted by Crippen LogP contribution is 2.34. The maximum atomic E-state index is 13.0. The van der Waals surface area contributed by atoms with Gasteiger partial charge in [0.15, 0.2) is 0 Å². The van der Waals surface area contributed by atoms with Crippen molar-refractivity contribution in [3.63, 3.8) is 0 Å². The number of hydrogen-bond donors (Lipinski definition) is 0. The Morgan fingerprint density at radius 1 is 1.27 bits per heavy atom. The fourth-order valence-corrected chi connectivity index (χ4v) is 3.75. The summed E-state index contributed by atoms with van der Waals surface area (Å²) in [5, 5.41) is 1.74. The van der Waals surface area contributed by atoms with Gasteiger partial charge in [-0.1, -0.05) is 23.7 Å². The van der Waals surface area contributed by atoms with Crippen molar-refractivity contribution < 1.29 is 14.0 Å². The topological polar surface area (TPSA) is 37.4 Å². The monoisotopic (exact) mass is 353 g/mol. The van der Waals surface area contributed by atoms with Crippen LogP contribution in [0.3, 0.4) is 0 Å². The summed E-state index contributed by atoms with van der Waals surface area (Å²) in [6.07, 6.45) is 1.70. The van der Waals surface area contributed by atoms with Crippen molar-refractivity contribution in [2.45, 2.75) is 6.54 Å². The summed E-state index contributed by atoms with van der Waals surface area (Å²) >= 11 is 8.33. The smallest absolute Gasteiger partial charge is 0.268 e. The molecular formula is C15H9ClFNO2S2. The zero-order valence-corrected chi connectivity index (χ0v) is 13.5. The predicted octanol–water partition coefficient (Wildman–Crippen LogP) is 4.78. The lowest BCUT2D eigenvalue weighted by atomic mass is 10.2. The van der Waals surface area contributed by atoms with Gasteiger partial charge in [-0.25, -0.2) is 4.39 Å². The maximum absolute atomic E-state index is 13.0. The van der Waals surface area contributed by atoms with E-state index in [4.69, 9.17) is 11.6 Å². The third kappa shape index (κ3) is 3.09. The molecule has 3 rings (SSSR count). The second-order valence-corrected chi connectivity index (χ2v) is 6.90. The zero-order chi connectivity index (χ0) is 15.7. The third-order valence-corrected chi connectivity index (χ3v) is 5.11. The molecule has 1 saturated heterocycles. The zero-order valence-electron chi connectivity index (χ0n) is 11.1. The third-order valence-electron chi connectivity index (χ3n) is 3.03. The van der Waals surface area contributed by atoms with E-state index in [0.29, 0.717) is 10.5 Å². The number of thioether (sulfide) groups is 1. The molecule has 0 spiro atoms. The predicted molar refractivity (Wildman–Crippen MR) is 87.2 cm³/mol. The van der Waals surface area contributed by atoms with Gasteiger partial charge in [-0.15, -0.1) is 11.3 Å². The van der Waals surface area contributed by atoms with Crippen molar-refractivity contribution in [2.24, 2.45) is 0 Å². The highest BCUT2D eigenvalue weighted by molar-refractivity contribution is 8.18. The van der Waals surface area contributed by atoms with Gasteiger partial charge >= 0.3 is 0 Å². The summed E-state index contributed by atoms with van der Waals surface area (Å²) in [6.45, 7) is 0.0333. The van der Waals surface area contributed by atoms with Crippen molar-refractivity contribution in [3.05, 3.63) is 61.9 Å². The Balaban J connectivity index is 1.83. The van der Waals surface area contributed by atoms with Gasteiger partial charge in [-0.3, -0.25) is 14.5 Å². The first kappa shape index (κ1) is 15.3. The van der Waals surface area contributed by atoms with Crippen molar-refractivity contribution >= 4 is 51.9 Å². The van der Waals surface area contributed by atoms with Crippen LogP contribution in [0.4, 0.5) is 9.18 Å². The van der Waals surface area contributed by atoms with E-state index in [-0.39, 0.29) is 22.7 Å². The molecule has 2 heterocycles. The van der Waals surface area contributed by atoms with E-state index in [1.807, 2.05) is 17.5 Å². The molecule has 1 aromatic carbocycles. The second kappa shape index (κ2) is 6.24. The lowest BCUT2D eigenvalue weighted by Gasteiger charge is -2.13. The van der Waals surface area contributed by atoms with Gasteiger partial charge in [-0.2, -0.15) is 0 Å². The molecule has 0 saturated carbocycles. The quantitative estimate of drug-likeness (QED) is 0.745. The number of nitrogens with zero attached hydrogens (tertiary/aromatic N) is 1. The van der Waals surface area contributed by atoms with Crippen LogP contribution in [0.25, 0.3) is 6.08 Å². The van der Waals surface area contributed by atoms with Crippen LogP contribution in [-0.2, 0) is 11.3 Å². The molecule has 0 aliphatic carbocycles. The molecule has 0 bridgehead atoms. The van der Waals surface area contributed by atoms with E-state index in [2.05, 4.69) is 0 Å². The Kier molecular flexibility index (Phi) is 4.33. The Bertz CT molecular complexity index is 774. The first-order valence-corrected chi connectivity index (χ1v) is 8.35. The first-order chi connectivity index (χ1) is 10.5. The van der Waals surface area contributed by atoms with Gasteiger partial charge in [0.1, 0.15) is 5.82 Å². The van der Waals surface area contributed by atoms with Crippen molar-refractivity contribution in [1.29, 1.82) is 0 Å². The minimum absolute atomic E-state index is 0.0333. The standard InChI is InChI=1S/C15H9ClFNO2S2/c16-12-6-10(17)4-3-9(12)8-18-14(19)13(22-15(18)20)7-11-2-1-5-21-11/h1-7H,8H2. The van der Waals surface area contributed by atoms with Crippen LogP contribution in [-0.4, -0.2) is 16.0 Å². The van der Waals surface area contributed by atoms with Crippen LogP contribution in [0.2, 0.25) is 5.02 Å². The molecule has 1 aliphatic heterocycles. The first-order valence-electron chi connectivity index (χ1n) is 6.27. The summed E-state index contributed by atoms with van der Waals surface area (Å²) in [5.74, 6) is -0.815. The average Bonchev–Trinajstić information content (AvgIpc) is 3.06. The molecule has 1 fully saturated rings. The lowest BCUT2D eigenvalue weighted by Crippen LogP contribution is -2.27. The molecule has 0 radical (unpaired) electrons. The largest absolute Gasteiger partial charge is 0.293 e.